The van der Waals surface area contributed by atoms with Gasteiger partial charge in [0.2, 0.25) is 5.91 Å². The van der Waals surface area contributed by atoms with E-state index in [0.717, 1.165) is 35.4 Å². The third-order valence-electron chi connectivity index (χ3n) is 3.58. The van der Waals surface area contributed by atoms with E-state index in [2.05, 4.69) is 25.9 Å². The number of nitrogens with zero attached hydrogens (tertiary/aromatic N) is 3. The van der Waals surface area contributed by atoms with E-state index in [4.69, 9.17) is 0 Å². The molecule has 0 spiro atoms. The Bertz CT molecular complexity index is 606. The highest BCUT2D eigenvalue weighted by molar-refractivity contribution is 9.10. The molecule has 3 rings (SSSR count). The van der Waals surface area contributed by atoms with Gasteiger partial charge in [0.1, 0.15) is 0 Å². The Balaban J connectivity index is 1.93. The zero-order chi connectivity index (χ0) is 13.4. The molecule has 0 N–H and O–H groups in total. The molecule has 0 unspecified atom stereocenters. The fraction of sp³-hybridized carbons (Fsp3) is 0.357. The number of hydrogen-bond acceptors (Lipinski definition) is 3. The van der Waals surface area contributed by atoms with Crippen LogP contribution in [0.1, 0.15) is 19.0 Å². The van der Waals surface area contributed by atoms with Crippen LogP contribution in [-0.2, 0) is 4.79 Å². The lowest BCUT2D eigenvalue weighted by atomic mass is 9.97. The molecule has 0 aliphatic carbocycles. The first-order chi connectivity index (χ1) is 9.15. The van der Waals surface area contributed by atoms with Crippen LogP contribution in [0.25, 0.3) is 0 Å². The number of carbonyl (C=O) groups excluding carboxylic acids is 1. The minimum Gasteiger partial charge on any atom is -0.338 e. The Hall–Kier alpha value is -1.49. The predicted octanol–water partition coefficient (Wildman–Crippen LogP) is 2.20. The smallest absolute Gasteiger partial charge is 0.219 e. The van der Waals surface area contributed by atoms with Gasteiger partial charge in [0.05, 0.1) is 18.0 Å². The number of amides is 1. The predicted molar refractivity (Wildman–Crippen MR) is 77.2 cm³/mol. The molecule has 19 heavy (non-hydrogen) atoms. The summed E-state index contributed by atoms with van der Waals surface area (Å²) in [7, 11) is 0. The highest BCUT2D eigenvalue weighted by Crippen LogP contribution is 2.27. The third-order valence-corrected chi connectivity index (χ3v) is 4.08. The van der Waals surface area contributed by atoms with Crippen molar-refractivity contribution in [2.24, 2.45) is 4.99 Å². The molecule has 0 fully saturated rings. The molecular weight excluding hydrogens is 306 g/mol. The minimum absolute atomic E-state index is 0.125. The lowest BCUT2D eigenvalue weighted by Crippen LogP contribution is -2.36. The molecule has 0 atom stereocenters. The van der Waals surface area contributed by atoms with E-state index >= 15 is 0 Å². The van der Waals surface area contributed by atoms with Gasteiger partial charge >= 0.3 is 0 Å². The van der Waals surface area contributed by atoms with Crippen molar-refractivity contribution in [2.75, 3.05) is 19.6 Å². The van der Waals surface area contributed by atoms with Gasteiger partial charge in [-0.1, -0.05) is 15.9 Å². The monoisotopic (exact) mass is 319 g/mol. The second kappa shape index (κ2) is 4.89. The fourth-order valence-electron chi connectivity index (χ4n) is 2.53. The van der Waals surface area contributed by atoms with Gasteiger partial charge in [0.25, 0.3) is 0 Å². The second-order valence-corrected chi connectivity index (χ2v) is 5.71. The summed E-state index contributed by atoms with van der Waals surface area (Å²) in [5, 5.41) is 0. The summed E-state index contributed by atoms with van der Waals surface area (Å²) in [6.45, 7) is 3.85. The third kappa shape index (κ3) is 2.34. The Morgan fingerprint density at radius 3 is 3.05 bits per heavy atom. The largest absolute Gasteiger partial charge is 0.338 e. The van der Waals surface area contributed by atoms with E-state index in [0.29, 0.717) is 6.54 Å². The van der Waals surface area contributed by atoms with Crippen molar-refractivity contribution in [3.63, 3.8) is 0 Å². The van der Waals surface area contributed by atoms with Crippen LogP contribution in [0.15, 0.2) is 38.9 Å². The maximum atomic E-state index is 11.5. The molecule has 1 aromatic rings. The Morgan fingerprint density at radius 2 is 2.32 bits per heavy atom. The van der Waals surface area contributed by atoms with Crippen molar-refractivity contribution in [3.05, 3.63) is 39.6 Å². The Morgan fingerprint density at radius 1 is 1.47 bits per heavy atom. The van der Waals surface area contributed by atoms with E-state index in [1.54, 1.807) is 13.1 Å². The van der Waals surface area contributed by atoms with Gasteiger partial charge in [-0.25, -0.2) is 0 Å². The summed E-state index contributed by atoms with van der Waals surface area (Å²) in [5.74, 6) is 0.125. The SMILES string of the molecule is CC(=O)N1CCC2=C(C1)C(c1cc(Br)ccn1)=NC2. The number of hydrogen-bond donors (Lipinski definition) is 0. The van der Waals surface area contributed by atoms with Crippen LogP contribution in [0.5, 0.6) is 0 Å². The van der Waals surface area contributed by atoms with Crippen molar-refractivity contribution < 1.29 is 4.79 Å². The first kappa shape index (κ1) is 12.5. The standard InChI is InChI=1S/C14H14BrN3O/c1-9(19)18-5-3-10-7-17-14(12(10)8-18)13-6-11(15)2-4-16-13/h2,4,6H,3,5,7-8H2,1H3. The molecule has 0 bridgehead atoms. The maximum Gasteiger partial charge on any atom is 0.219 e. The minimum atomic E-state index is 0.125. The maximum absolute atomic E-state index is 11.5. The molecule has 0 aromatic carbocycles. The lowest BCUT2D eigenvalue weighted by Gasteiger charge is -2.27. The van der Waals surface area contributed by atoms with E-state index in [1.165, 1.54) is 11.1 Å². The summed E-state index contributed by atoms with van der Waals surface area (Å²) in [4.78, 5) is 22.4. The first-order valence-electron chi connectivity index (χ1n) is 6.28. The molecule has 1 amide bonds. The summed E-state index contributed by atoms with van der Waals surface area (Å²) in [6.07, 6.45) is 2.70. The molecule has 3 heterocycles. The molecule has 0 saturated carbocycles. The number of aliphatic imine (C=N–C) groups is 1. The van der Waals surface area contributed by atoms with Gasteiger partial charge in [0, 0.05) is 36.3 Å². The molecular formula is C14H14BrN3O. The Labute approximate surface area is 120 Å². The quantitative estimate of drug-likeness (QED) is 0.796. The number of carbonyl (C=O) groups is 1. The van der Waals surface area contributed by atoms with Gasteiger partial charge < -0.3 is 4.90 Å². The zero-order valence-electron chi connectivity index (χ0n) is 10.7. The van der Waals surface area contributed by atoms with Gasteiger partial charge in [-0.2, -0.15) is 0 Å². The number of halogens is 1. The normalized spacial score (nSPS) is 18.4. The van der Waals surface area contributed by atoms with Crippen LogP contribution < -0.4 is 0 Å². The van der Waals surface area contributed by atoms with Crippen LogP contribution in [0, 0.1) is 0 Å². The lowest BCUT2D eigenvalue weighted by molar-refractivity contribution is -0.128. The van der Waals surface area contributed by atoms with Crippen LogP contribution in [0.3, 0.4) is 0 Å². The second-order valence-electron chi connectivity index (χ2n) is 4.80. The summed E-state index contributed by atoms with van der Waals surface area (Å²) >= 11 is 3.46. The molecule has 2 aliphatic rings. The molecule has 0 radical (unpaired) electrons. The van der Waals surface area contributed by atoms with Gasteiger partial charge in [-0.05, 0) is 24.1 Å². The highest BCUT2D eigenvalue weighted by Gasteiger charge is 2.28. The average Bonchev–Trinajstić information content (AvgIpc) is 2.81. The van der Waals surface area contributed by atoms with Gasteiger partial charge in [0.15, 0.2) is 0 Å². The molecule has 98 valence electrons. The molecule has 5 heteroatoms. The van der Waals surface area contributed by atoms with Crippen LogP contribution in [0.2, 0.25) is 0 Å². The van der Waals surface area contributed by atoms with Crippen LogP contribution in [0.4, 0.5) is 0 Å². The molecule has 2 aliphatic heterocycles. The van der Waals surface area contributed by atoms with Crippen molar-refractivity contribution >= 4 is 27.5 Å². The van der Waals surface area contributed by atoms with Crippen molar-refractivity contribution in [1.29, 1.82) is 0 Å². The van der Waals surface area contributed by atoms with Crippen molar-refractivity contribution in [3.8, 4) is 0 Å². The van der Waals surface area contributed by atoms with Crippen LogP contribution >= 0.6 is 15.9 Å². The zero-order valence-corrected chi connectivity index (χ0v) is 12.3. The Kier molecular flexibility index (Phi) is 3.22. The average molecular weight is 320 g/mol. The van der Waals surface area contributed by atoms with E-state index in [1.807, 2.05) is 17.0 Å². The van der Waals surface area contributed by atoms with E-state index in [9.17, 15) is 4.79 Å². The van der Waals surface area contributed by atoms with Crippen LogP contribution in [-0.4, -0.2) is 41.1 Å². The summed E-state index contributed by atoms with van der Waals surface area (Å²) in [5.41, 5.74) is 4.37. The first-order valence-corrected chi connectivity index (χ1v) is 7.07. The number of pyridine rings is 1. The van der Waals surface area contributed by atoms with Crippen molar-refractivity contribution in [2.45, 2.75) is 13.3 Å². The molecule has 0 saturated heterocycles. The molecule has 4 nitrogen and oxygen atoms in total. The summed E-state index contributed by atoms with van der Waals surface area (Å²) < 4.78 is 0.994. The summed E-state index contributed by atoms with van der Waals surface area (Å²) in [6, 6.07) is 3.87. The molecule has 1 aromatic heterocycles. The number of rotatable bonds is 1. The van der Waals surface area contributed by atoms with Gasteiger partial charge in [-0.15, -0.1) is 0 Å². The van der Waals surface area contributed by atoms with Crippen molar-refractivity contribution in [1.82, 2.24) is 9.88 Å². The van der Waals surface area contributed by atoms with E-state index in [-0.39, 0.29) is 5.91 Å². The van der Waals surface area contributed by atoms with Gasteiger partial charge in [-0.3, -0.25) is 14.8 Å². The number of aromatic nitrogens is 1. The highest BCUT2D eigenvalue weighted by atomic mass is 79.9. The topological polar surface area (TPSA) is 45.6 Å². The fourth-order valence-corrected chi connectivity index (χ4v) is 2.86. The van der Waals surface area contributed by atoms with E-state index < -0.39 is 0 Å².